The van der Waals surface area contributed by atoms with E-state index in [1.165, 1.54) is 25.7 Å². The molecule has 0 saturated carbocycles. The number of hydrogen-bond acceptors (Lipinski definition) is 4. The fraction of sp³-hybridized carbons (Fsp3) is 1.00. The Kier molecular flexibility index (Phi) is 9.97. The smallest absolute Gasteiger partial charge is 0.317 e. The van der Waals surface area contributed by atoms with Gasteiger partial charge in [-0.3, -0.25) is 0 Å². The molecule has 0 bridgehead atoms. The van der Waals surface area contributed by atoms with E-state index in [0.717, 1.165) is 37.0 Å². The molecule has 0 aromatic carbocycles. The van der Waals surface area contributed by atoms with Gasteiger partial charge in [-0.15, -0.1) is 0 Å². The SMILES string of the molecule is CCCC[Si]1(C)O[Si](C)(CCC)O[Si](C)(CCC)O[Si](C)(CCCC)O1. The average Bonchev–Trinajstić information content (AvgIpc) is 2.49. The van der Waals surface area contributed by atoms with Crippen molar-refractivity contribution in [2.75, 3.05) is 0 Å². The third-order valence-corrected chi connectivity index (χ3v) is 24.3. The molecule has 0 amide bonds. The standard InChI is InChI=1S/C18H44O4Si4/c1-9-13-17-25(7)20-23(5,15-11-3)19-24(6,16-12-4)21-26(8,22-25)18-14-10-2/h9-18H2,1-8H3. The summed E-state index contributed by atoms with van der Waals surface area (Å²) in [6.45, 7) is 18.0. The van der Waals surface area contributed by atoms with Gasteiger partial charge in [0.1, 0.15) is 0 Å². The molecule has 0 spiro atoms. The molecule has 0 N–H and O–H groups in total. The van der Waals surface area contributed by atoms with Gasteiger partial charge in [0.25, 0.3) is 0 Å². The van der Waals surface area contributed by atoms with Crippen molar-refractivity contribution in [3.05, 3.63) is 0 Å². The van der Waals surface area contributed by atoms with Crippen LogP contribution < -0.4 is 0 Å². The van der Waals surface area contributed by atoms with Crippen molar-refractivity contribution in [2.45, 2.75) is 117 Å². The second-order valence-corrected chi connectivity index (χ2v) is 23.0. The van der Waals surface area contributed by atoms with Crippen molar-refractivity contribution in [1.29, 1.82) is 0 Å². The number of rotatable bonds is 10. The van der Waals surface area contributed by atoms with Crippen molar-refractivity contribution < 1.29 is 16.5 Å². The molecular formula is C18H44O4Si4. The monoisotopic (exact) mass is 436 g/mol. The van der Waals surface area contributed by atoms with Gasteiger partial charge in [0, 0.05) is 0 Å². The van der Waals surface area contributed by atoms with E-state index in [-0.39, 0.29) is 0 Å². The average molecular weight is 437 g/mol. The maximum absolute atomic E-state index is 6.98. The van der Waals surface area contributed by atoms with E-state index in [2.05, 4.69) is 53.9 Å². The molecule has 0 aromatic rings. The Morgan fingerprint density at radius 1 is 0.423 bits per heavy atom. The maximum atomic E-state index is 6.98. The van der Waals surface area contributed by atoms with Gasteiger partial charge in [-0.2, -0.15) is 0 Å². The maximum Gasteiger partial charge on any atom is 0.317 e. The van der Waals surface area contributed by atoms with Crippen molar-refractivity contribution in [2.24, 2.45) is 0 Å². The van der Waals surface area contributed by atoms with Gasteiger partial charge in [0.2, 0.25) is 0 Å². The van der Waals surface area contributed by atoms with E-state index in [9.17, 15) is 0 Å². The summed E-state index contributed by atoms with van der Waals surface area (Å²) >= 11 is 0. The second kappa shape index (κ2) is 10.5. The largest absolute Gasteiger partial charge is 0.416 e. The topological polar surface area (TPSA) is 36.9 Å². The predicted octanol–water partition coefficient (Wildman–Crippen LogP) is 6.77. The summed E-state index contributed by atoms with van der Waals surface area (Å²) in [6, 6.07) is 4.19. The Hall–Kier alpha value is 0.708. The van der Waals surface area contributed by atoms with Crippen LogP contribution in [0.15, 0.2) is 0 Å². The minimum absolute atomic E-state index is 1.04. The van der Waals surface area contributed by atoms with Crippen molar-refractivity contribution in [3.63, 3.8) is 0 Å². The molecular weight excluding hydrogens is 393 g/mol. The minimum Gasteiger partial charge on any atom is -0.416 e. The van der Waals surface area contributed by atoms with Crippen LogP contribution in [-0.2, 0) is 16.5 Å². The van der Waals surface area contributed by atoms with E-state index in [0.29, 0.717) is 0 Å². The Labute approximate surface area is 167 Å². The van der Waals surface area contributed by atoms with E-state index < -0.39 is 34.2 Å². The van der Waals surface area contributed by atoms with E-state index in [1.54, 1.807) is 0 Å². The molecule has 1 rings (SSSR count). The van der Waals surface area contributed by atoms with Crippen LogP contribution >= 0.6 is 0 Å². The molecule has 26 heavy (non-hydrogen) atoms. The molecule has 1 fully saturated rings. The summed E-state index contributed by atoms with van der Waals surface area (Å²) < 4.78 is 27.8. The molecule has 156 valence electrons. The highest BCUT2D eigenvalue weighted by atomic mass is 28.5. The molecule has 1 aliphatic heterocycles. The Morgan fingerprint density at radius 3 is 0.923 bits per heavy atom. The Bertz CT molecular complexity index is 394. The quantitative estimate of drug-likeness (QED) is 0.354. The Morgan fingerprint density at radius 2 is 0.692 bits per heavy atom. The lowest BCUT2D eigenvalue weighted by Crippen LogP contribution is -2.67. The molecule has 1 heterocycles. The van der Waals surface area contributed by atoms with Gasteiger partial charge >= 0.3 is 34.2 Å². The van der Waals surface area contributed by atoms with Crippen molar-refractivity contribution in [3.8, 4) is 0 Å². The van der Waals surface area contributed by atoms with Gasteiger partial charge in [-0.1, -0.05) is 66.2 Å². The number of unbranched alkanes of at least 4 members (excludes halogenated alkanes) is 2. The molecule has 8 heteroatoms. The van der Waals surface area contributed by atoms with Crippen LogP contribution in [0.4, 0.5) is 0 Å². The zero-order valence-corrected chi connectivity index (χ0v) is 22.7. The fourth-order valence-corrected chi connectivity index (χ4v) is 28.1. The normalized spacial score (nSPS) is 38.8. The molecule has 0 aliphatic carbocycles. The second-order valence-electron chi connectivity index (χ2n) is 8.65. The first kappa shape index (κ1) is 24.7. The van der Waals surface area contributed by atoms with Crippen LogP contribution in [0.5, 0.6) is 0 Å². The summed E-state index contributed by atoms with van der Waals surface area (Å²) in [6.07, 6.45) is 6.89. The van der Waals surface area contributed by atoms with Crippen molar-refractivity contribution >= 4 is 34.2 Å². The van der Waals surface area contributed by atoms with Gasteiger partial charge < -0.3 is 16.5 Å². The highest BCUT2D eigenvalue weighted by Gasteiger charge is 2.55. The summed E-state index contributed by atoms with van der Waals surface area (Å²) in [7, 11) is -9.13. The van der Waals surface area contributed by atoms with Crippen LogP contribution in [0.3, 0.4) is 0 Å². The lowest BCUT2D eigenvalue weighted by molar-refractivity contribution is 0.221. The first-order valence-electron chi connectivity index (χ1n) is 10.9. The van der Waals surface area contributed by atoms with Gasteiger partial charge in [0.15, 0.2) is 0 Å². The minimum atomic E-state index is -2.29. The van der Waals surface area contributed by atoms with E-state index >= 15 is 0 Å². The summed E-state index contributed by atoms with van der Waals surface area (Å²) in [5.41, 5.74) is 0. The molecule has 0 aromatic heterocycles. The van der Waals surface area contributed by atoms with Gasteiger partial charge in [-0.05, 0) is 50.4 Å². The summed E-state index contributed by atoms with van der Waals surface area (Å²) in [5.74, 6) is 0. The van der Waals surface area contributed by atoms with Crippen LogP contribution in [0.1, 0.15) is 66.2 Å². The molecule has 4 unspecified atom stereocenters. The molecule has 4 atom stereocenters. The van der Waals surface area contributed by atoms with Crippen LogP contribution in [0, 0.1) is 0 Å². The zero-order chi connectivity index (χ0) is 19.9. The molecule has 4 nitrogen and oxygen atoms in total. The van der Waals surface area contributed by atoms with Crippen LogP contribution in [0.2, 0.25) is 50.4 Å². The highest BCUT2D eigenvalue weighted by molar-refractivity contribution is 6.93. The predicted molar refractivity (Wildman–Crippen MR) is 120 cm³/mol. The third kappa shape index (κ3) is 7.61. The highest BCUT2D eigenvalue weighted by Crippen LogP contribution is 2.38. The molecule has 1 saturated heterocycles. The van der Waals surface area contributed by atoms with Crippen LogP contribution in [-0.4, -0.2) is 34.2 Å². The van der Waals surface area contributed by atoms with Crippen LogP contribution in [0.25, 0.3) is 0 Å². The third-order valence-electron chi connectivity index (χ3n) is 5.10. The first-order valence-corrected chi connectivity index (χ1v) is 21.0. The zero-order valence-electron chi connectivity index (χ0n) is 18.7. The fourth-order valence-electron chi connectivity index (χ4n) is 4.22. The summed E-state index contributed by atoms with van der Waals surface area (Å²) in [5, 5.41) is 0. The van der Waals surface area contributed by atoms with Gasteiger partial charge in [0.05, 0.1) is 0 Å². The molecule has 1 aliphatic rings. The Balaban J connectivity index is 3.23. The number of hydrogen-bond donors (Lipinski definition) is 0. The van der Waals surface area contributed by atoms with Crippen molar-refractivity contribution in [1.82, 2.24) is 0 Å². The van der Waals surface area contributed by atoms with E-state index in [1.807, 2.05) is 0 Å². The van der Waals surface area contributed by atoms with Gasteiger partial charge in [-0.25, -0.2) is 0 Å². The lowest BCUT2D eigenvalue weighted by atomic mass is 10.4. The van der Waals surface area contributed by atoms with E-state index in [4.69, 9.17) is 16.5 Å². The first-order chi connectivity index (χ1) is 12.1. The lowest BCUT2D eigenvalue weighted by Gasteiger charge is -2.50. The molecule has 0 radical (unpaired) electrons. The summed E-state index contributed by atoms with van der Waals surface area (Å²) in [4.78, 5) is 0.